The molecule has 0 amide bonds. The fraction of sp³-hybridized carbons (Fsp3) is 0.286. The SMILES string of the molecule is NCc1ccc(OCC(O)CS(=O)c2cccs2)cc1. The standard InChI is InChI=1S/C14H17NO3S2/c15-8-11-3-5-13(6-4-11)18-9-12(16)10-20(17)14-2-1-7-19-14/h1-7,12,16H,8-10,15H2. The predicted molar refractivity (Wildman–Crippen MR) is 81.4 cm³/mol. The molecule has 0 aliphatic carbocycles. The molecule has 0 saturated carbocycles. The van der Waals surface area contributed by atoms with E-state index in [1.54, 1.807) is 6.07 Å². The highest BCUT2D eigenvalue weighted by atomic mass is 32.2. The van der Waals surface area contributed by atoms with E-state index in [1.807, 2.05) is 35.7 Å². The van der Waals surface area contributed by atoms with Gasteiger partial charge in [0.15, 0.2) is 0 Å². The number of nitrogens with two attached hydrogens (primary N) is 1. The van der Waals surface area contributed by atoms with Gasteiger partial charge in [0.2, 0.25) is 0 Å². The average molecular weight is 311 g/mol. The molecule has 20 heavy (non-hydrogen) atoms. The van der Waals surface area contributed by atoms with Crippen LogP contribution in [0.2, 0.25) is 0 Å². The number of hydrogen-bond donors (Lipinski definition) is 2. The molecule has 0 saturated heterocycles. The third kappa shape index (κ3) is 4.42. The molecular weight excluding hydrogens is 294 g/mol. The lowest BCUT2D eigenvalue weighted by Crippen LogP contribution is -2.24. The van der Waals surface area contributed by atoms with Crippen LogP contribution in [-0.2, 0) is 17.3 Å². The van der Waals surface area contributed by atoms with E-state index in [2.05, 4.69) is 0 Å². The van der Waals surface area contributed by atoms with Crippen LogP contribution in [-0.4, -0.2) is 27.8 Å². The van der Waals surface area contributed by atoms with Gasteiger partial charge in [-0.3, -0.25) is 4.21 Å². The average Bonchev–Trinajstić information content (AvgIpc) is 3.00. The molecule has 2 unspecified atom stereocenters. The topological polar surface area (TPSA) is 72.6 Å². The number of aliphatic hydroxyl groups excluding tert-OH is 1. The first kappa shape index (κ1) is 15.2. The number of thiophene rings is 1. The second kappa shape index (κ2) is 7.54. The van der Waals surface area contributed by atoms with Crippen LogP contribution in [0, 0.1) is 0 Å². The number of hydrogen-bond acceptors (Lipinski definition) is 5. The lowest BCUT2D eigenvalue weighted by molar-refractivity contribution is 0.125. The van der Waals surface area contributed by atoms with Gasteiger partial charge in [-0.25, -0.2) is 0 Å². The summed E-state index contributed by atoms with van der Waals surface area (Å²) in [4.78, 5) is 0. The van der Waals surface area contributed by atoms with Crippen molar-refractivity contribution in [2.75, 3.05) is 12.4 Å². The van der Waals surface area contributed by atoms with Crippen molar-refractivity contribution in [2.24, 2.45) is 5.73 Å². The van der Waals surface area contributed by atoms with Gasteiger partial charge in [0.05, 0.1) is 26.9 Å². The van der Waals surface area contributed by atoms with Crippen molar-refractivity contribution >= 4 is 22.1 Å². The normalized spacial score (nSPS) is 13.9. The van der Waals surface area contributed by atoms with Gasteiger partial charge in [0.1, 0.15) is 12.4 Å². The third-order valence-corrected chi connectivity index (χ3v) is 5.45. The van der Waals surface area contributed by atoms with Crippen molar-refractivity contribution in [3.05, 3.63) is 47.3 Å². The molecule has 1 aromatic carbocycles. The maximum Gasteiger partial charge on any atom is 0.119 e. The second-order valence-electron chi connectivity index (χ2n) is 4.26. The molecule has 0 aliphatic heterocycles. The minimum atomic E-state index is -1.17. The molecule has 0 spiro atoms. The molecule has 4 nitrogen and oxygen atoms in total. The molecule has 108 valence electrons. The van der Waals surface area contributed by atoms with Gasteiger partial charge >= 0.3 is 0 Å². The molecule has 3 N–H and O–H groups in total. The van der Waals surface area contributed by atoms with Crippen LogP contribution in [0.5, 0.6) is 5.75 Å². The molecule has 1 heterocycles. The molecule has 6 heteroatoms. The van der Waals surface area contributed by atoms with E-state index in [0.29, 0.717) is 12.3 Å². The fourth-order valence-electron chi connectivity index (χ4n) is 1.61. The van der Waals surface area contributed by atoms with Crippen molar-refractivity contribution in [1.29, 1.82) is 0 Å². The summed E-state index contributed by atoms with van der Waals surface area (Å²) in [7, 11) is -1.17. The minimum Gasteiger partial charge on any atom is -0.491 e. The molecule has 2 aromatic rings. The van der Waals surface area contributed by atoms with Crippen LogP contribution in [0.25, 0.3) is 0 Å². The van der Waals surface area contributed by atoms with Crippen LogP contribution in [0.3, 0.4) is 0 Å². The van der Waals surface area contributed by atoms with Gasteiger partial charge in [-0.2, -0.15) is 0 Å². The third-order valence-electron chi connectivity index (χ3n) is 2.66. The molecule has 2 rings (SSSR count). The van der Waals surface area contributed by atoms with Gasteiger partial charge in [0, 0.05) is 6.54 Å². The van der Waals surface area contributed by atoms with Crippen LogP contribution >= 0.6 is 11.3 Å². The minimum absolute atomic E-state index is 0.124. The number of rotatable bonds is 7. The summed E-state index contributed by atoms with van der Waals surface area (Å²) < 4.78 is 18.1. The van der Waals surface area contributed by atoms with Crippen LogP contribution in [0.15, 0.2) is 46.0 Å². The molecular formula is C14H17NO3S2. The van der Waals surface area contributed by atoms with E-state index in [-0.39, 0.29) is 12.4 Å². The van der Waals surface area contributed by atoms with E-state index in [4.69, 9.17) is 10.5 Å². The van der Waals surface area contributed by atoms with Crippen LogP contribution in [0.1, 0.15) is 5.56 Å². The van der Waals surface area contributed by atoms with Gasteiger partial charge in [0.25, 0.3) is 0 Å². The van der Waals surface area contributed by atoms with Crippen molar-refractivity contribution in [3.8, 4) is 5.75 Å². The molecule has 0 radical (unpaired) electrons. The first-order valence-corrected chi connectivity index (χ1v) is 8.40. The first-order chi connectivity index (χ1) is 9.69. The summed E-state index contributed by atoms with van der Waals surface area (Å²) in [6.45, 7) is 0.613. The molecule has 2 atom stereocenters. The van der Waals surface area contributed by atoms with E-state index in [0.717, 1.165) is 9.77 Å². The number of aliphatic hydroxyl groups is 1. The zero-order valence-corrected chi connectivity index (χ0v) is 12.5. The lowest BCUT2D eigenvalue weighted by Gasteiger charge is -2.12. The van der Waals surface area contributed by atoms with Crippen LogP contribution in [0.4, 0.5) is 0 Å². The monoisotopic (exact) mass is 311 g/mol. The van der Waals surface area contributed by atoms with Crippen molar-refractivity contribution in [1.82, 2.24) is 0 Å². The largest absolute Gasteiger partial charge is 0.491 e. The Kier molecular flexibility index (Phi) is 5.72. The fourth-order valence-corrected chi connectivity index (χ4v) is 3.70. The number of benzene rings is 1. The zero-order valence-electron chi connectivity index (χ0n) is 10.9. The summed E-state index contributed by atoms with van der Waals surface area (Å²) in [5.74, 6) is 0.852. The summed E-state index contributed by atoms with van der Waals surface area (Å²) in [6.07, 6.45) is -0.757. The zero-order chi connectivity index (χ0) is 14.4. The maximum absolute atomic E-state index is 11.9. The summed E-state index contributed by atoms with van der Waals surface area (Å²) in [5, 5.41) is 11.7. The Labute approximate surface area is 124 Å². The first-order valence-electron chi connectivity index (χ1n) is 6.21. The Morgan fingerprint density at radius 3 is 2.65 bits per heavy atom. The Morgan fingerprint density at radius 1 is 1.30 bits per heavy atom. The Hall–Kier alpha value is -1.21. The maximum atomic E-state index is 11.9. The summed E-state index contributed by atoms with van der Waals surface area (Å²) in [6, 6.07) is 11.0. The highest BCUT2D eigenvalue weighted by molar-refractivity contribution is 7.87. The Bertz CT molecular complexity index is 540. The quantitative estimate of drug-likeness (QED) is 0.817. The molecule has 0 fully saturated rings. The Balaban J connectivity index is 1.79. The van der Waals surface area contributed by atoms with Gasteiger partial charge in [-0.05, 0) is 29.1 Å². The van der Waals surface area contributed by atoms with Crippen molar-refractivity contribution in [3.63, 3.8) is 0 Å². The smallest absolute Gasteiger partial charge is 0.119 e. The Morgan fingerprint density at radius 2 is 2.05 bits per heavy atom. The van der Waals surface area contributed by atoms with E-state index in [1.165, 1.54) is 11.3 Å². The highest BCUT2D eigenvalue weighted by Crippen LogP contribution is 2.15. The molecule has 0 aliphatic rings. The van der Waals surface area contributed by atoms with Gasteiger partial charge in [-0.15, -0.1) is 11.3 Å². The number of ether oxygens (including phenoxy) is 1. The molecule has 1 aromatic heterocycles. The van der Waals surface area contributed by atoms with Crippen molar-refractivity contribution < 1.29 is 14.1 Å². The predicted octanol–water partition coefficient (Wildman–Crippen LogP) is 1.75. The van der Waals surface area contributed by atoms with E-state index >= 15 is 0 Å². The van der Waals surface area contributed by atoms with E-state index in [9.17, 15) is 9.32 Å². The van der Waals surface area contributed by atoms with Gasteiger partial charge in [-0.1, -0.05) is 18.2 Å². The summed E-state index contributed by atoms with van der Waals surface area (Å²) in [5.41, 5.74) is 6.53. The second-order valence-corrected chi connectivity index (χ2v) is 6.93. The van der Waals surface area contributed by atoms with Crippen LogP contribution < -0.4 is 10.5 Å². The summed E-state index contributed by atoms with van der Waals surface area (Å²) >= 11 is 1.43. The molecule has 0 bridgehead atoms. The highest BCUT2D eigenvalue weighted by Gasteiger charge is 2.13. The van der Waals surface area contributed by atoms with Crippen molar-refractivity contribution in [2.45, 2.75) is 16.9 Å². The lowest BCUT2D eigenvalue weighted by atomic mass is 10.2. The van der Waals surface area contributed by atoms with E-state index < -0.39 is 16.9 Å². The van der Waals surface area contributed by atoms with Gasteiger partial charge < -0.3 is 15.6 Å².